The van der Waals surface area contributed by atoms with Gasteiger partial charge in [0.15, 0.2) is 0 Å². The summed E-state index contributed by atoms with van der Waals surface area (Å²) in [6.07, 6.45) is -0.232. The molecule has 1 unspecified atom stereocenters. The summed E-state index contributed by atoms with van der Waals surface area (Å²) in [6, 6.07) is 16.3. The molecule has 2 aromatic rings. The van der Waals surface area contributed by atoms with E-state index in [2.05, 4.69) is 29.6 Å². The van der Waals surface area contributed by atoms with Crippen molar-refractivity contribution in [3.05, 3.63) is 59.7 Å². The van der Waals surface area contributed by atoms with Gasteiger partial charge in [-0.2, -0.15) is 0 Å². The first-order valence-electron chi connectivity index (χ1n) is 12.1. The van der Waals surface area contributed by atoms with E-state index in [0.29, 0.717) is 6.42 Å². The van der Waals surface area contributed by atoms with E-state index >= 15 is 0 Å². The summed E-state index contributed by atoms with van der Waals surface area (Å²) in [5, 5.41) is 11.9. The van der Waals surface area contributed by atoms with E-state index in [1.165, 1.54) is 0 Å². The smallest absolute Gasteiger partial charge is 0.407 e. The van der Waals surface area contributed by atoms with Crippen molar-refractivity contribution < 1.29 is 24.2 Å². The van der Waals surface area contributed by atoms with Crippen LogP contribution >= 0.6 is 0 Å². The number of benzene rings is 2. The molecular weight excluding hydrogens is 444 g/mol. The lowest BCUT2D eigenvalue weighted by Gasteiger charge is -2.41. The number of nitrogens with one attached hydrogen (secondary N) is 1. The Labute approximate surface area is 207 Å². The number of aliphatic carboxylic acids is 1. The van der Waals surface area contributed by atoms with Crippen LogP contribution in [0.4, 0.5) is 4.79 Å². The molecule has 2 N–H and O–H groups in total. The lowest BCUT2D eigenvalue weighted by molar-refractivity contribution is -0.147. The fourth-order valence-corrected chi connectivity index (χ4v) is 4.54. The molecule has 0 aromatic heterocycles. The number of carbonyl (C=O) groups excluding carboxylic acids is 2. The maximum absolute atomic E-state index is 13.5. The van der Waals surface area contributed by atoms with Gasteiger partial charge in [-0.15, -0.1) is 0 Å². The van der Waals surface area contributed by atoms with Gasteiger partial charge in [0, 0.05) is 24.5 Å². The number of carboxylic acids is 1. The zero-order valence-electron chi connectivity index (χ0n) is 21.3. The number of nitrogens with zero attached hydrogens (tertiary/aromatic N) is 1. The third-order valence-corrected chi connectivity index (χ3v) is 6.87. The van der Waals surface area contributed by atoms with Gasteiger partial charge in [0.1, 0.15) is 6.61 Å². The number of hydrogen-bond acceptors (Lipinski definition) is 4. The summed E-state index contributed by atoms with van der Waals surface area (Å²) in [6.45, 7) is 9.71. The molecular formula is C28H36N2O5. The number of amides is 2. The predicted molar refractivity (Wildman–Crippen MR) is 135 cm³/mol. The van der Waals surface area contributed by atoms with Gasteiger partial charge in [-0.05, 0) is 56.4 Å². The maximum atomic E-state index is 13.5. The number of carbonyl (C=O) groups is 3. The Morgan fingerprint density at radius 3 is 2.00 bits per heavy atom. The van der Waals surface area contributed by atoms with Crippen LogP contribution in [0.15, 0.2) is 48.5 Å². The van der Waals surface area contributed by atoms with Crippen molar-refractivity contribution in [3.8, 4) is 11.1 Å². The summed E-state index contributed by atoms with van der Waals surface area (Å²) in [5.74, 6) is -1.19. The van der Waals surface area contributed by atoms with Crippen LogP contribution in [0.25, 0.3) is 11.1 Å². The third-order valence-electron chi connectivity index (χ3n) is 6.87. The average molecular weight is 481 g/mol. The minimum atomic E-state index is -0.956. The van der Waals surface area contributed by atoms with E-state index < -0.39 is 23.0 Å². The largest absolute Gasteiger partial charge is 0.481 e. The van der Waals surface area contributed by atoms with Crippen molar-refractivity contribution >= 4 is 18.0 Å². The number of carboxylic acid groups (broad SMARTS) is 1. The molecule has 35 heavy (non-hydrogen) atoms. The Balaban J connectivity index is 1.65. The molecule has 0 bridgehead atoms. The zero-order valence-corrected chi connectivity index (χ0v) is 21.3. The molecule has 2 aromatic carbocycles. The SMILES string of the molecule is CCC(C)(CNC(=O)OCC1c2ccccc2-c2ccccc21)C(=O)N(CCC(=O)O)C(C)(C)C. The van der Waals surface area contributed by atoms with Gasteiger partial charge in [-0.1, -0.05) is 55.5 Å². The molecule has 0 saturated heterocycles. The first-order valence-corrected chi connectivity index (χ1v) is 12.1. The fraction of sp³-hybridized carbons (Fsp3) is 0.464. The molecule has 7 heteroatoms. The van der Waals surface area contributed by atoms with Gasteiger partial charge in [0.05, 0.1) is 11.8 Å². The summed E-state index contributed by atoms with van der Waals surface area (Å²) < 4.78 is 5.61. The Kier molecular flexibility index (Phi) is 7.88. The van der Waals surface area contributed by atoms with Crippen LogP contribution in [-0.4, -0.2) is 53.2 Å². The lowest BCUT2D eigenvalue weighted by atomic mass is 9.84. The van der Waals surface area contributed by atoms with Gasteiger partial charge in [-0.3, -0.25) is 9.59 Å². The molecule has 0 saturated carbocycles. The quantitative estimate of drug-likeness (QED) is 0.524. The molecule has 0 heterocycles. The second kappa shape index (κ2) is 10.5. The topological polar surface area (TPSA) is 95.9 Å². The monoisotopic (exact) mass is 480 g/mol. The number of ether oxygens (including phenoxy) is 1. The highest BCUT2D eigenvalue weighted by Gasteiger charge is 2.40. The molecule has 1 aliphatic rings. The third kappa shape index (κ3) is 5.84. The van der Waals surface area contributed by atoms with E-state index in [9.17, 15) is 14.4 Å². The van der Waals surface area contributed by atoms with Gasteiger partial charge >= 0.3 is 12.1 Å². The van der Waals surface area contributed by atoms with Crippen molar-refractivity contribution in [3.63, 3.8) is 0 Å². The Bertz CT molecular complexity index is 1050. The van der Waals surface area contributed by atoms with Crippen LogP contribution in [0.3, 0.4) is 0 Å². The summed E-state index contributed by atoms with van der Waals surface area (Å²) in [5.41, 5.74) is 3.14. The first kappa shape index (κ1) is 26.3. The molecule has 3 rings (SSSR count). The Morgan fingerprint density at radius 2 is 1.51 bits per heavy atom. The van der Waals surface area contributed by atoms with Crippen molar-refractivity contribution in [1.82, 2.24) is 10.2 Å². The van der Waals surface area contributed by atoms with Crippen LogP contribution < -0.4 is 5.32 Å². The summed E-state index contributed by atoms with van der Waals surface area (Å²) in [4.78, 5) is 38.8. The Hall–Kier alpha value is -3.35. The van der Waals surface area contributed by atoms with Gasteiger partial charge < -0.3 is 20.1 Å². The highest BCUT2D eigenvalue weighted by Crippen LogP contribution is 2.44. The van der Waals surface area contributed by atoms with Crippen molar-refractivity contribution in [1.29, 1.82) is 0 Å². The normalized spacial score (nSPS) is 14.4. The fourth-order valence-electron chi connectivity index (χ4n) is 4.54. The van der Waals surface area contributed by atoms with Crippen LogP contribution in [0.2, 0.25) is 0 Å². The molecule has 188 valence electrons. The zero-order chi connectivity index (χ0) is 25.8. The number of fused-ring (bicyclic) bond motifs is 3. The molecule has 2 amide bonds. The summed E-state index contributed by atoms with van der Waals surface area (Å²) >= 11 is 0. The molecule has 7 nitrogen and oxygen atoms in total. The van der Waals surface area contributed by atoms with Gasteiger partial charge in [-0.25, -0.2) is 4.79 Å². The number of rotatable bonds is 9. The van der Waals surface area contributed by atoms with Crippen molar-refractivity contribution in [2.45, 2.75) is 58.9 Å². The minimum Gasteiger partial charge on any atom is -0.481 e. The van der Waals surface area contributed by atoms with E-state index in [0.717, 1.165) is 22.3 Å². The molecule has 0 fully saturated rings. The van der Waals surface area contributed by atoms with Crippen LogP contribution in [0, 0.1) is 5.41 Å². The molecule has 0 aliphatic heterocycles. The highest BCUT2D eigenvalue weighted by molar-refractivity contribution is 5.84. The van der Waals surface area contributed by atoms with Crippen molar-refractivity contribution in [2.24, 2.45) is 5.41 Å². The highest BCUT2D eigenvalue weighted by atomic mass is 16.5. The standard InChI is InChI=1S/C28H36N2O5/c1-6-28(5,25(33)30(27(2,3)4)16-15-24(31)32)18-29-26(34)35-17-23-21-13-9-7-11-19(21)20-12-8-10-14-22(20)23/h7-14,23H,6,15-18H2,1-5H3,(H,29,34)(H,31,32). The van der Waals surface area contributed by atoms with Crippen LogP contribution in [-0.2, 0) is 14.3 Å². The van der Waals surface area contributed by atoms with E-state index in [1.54, 1.807) is 11.8 Å². The number of alkyl carbamates (subject to hydrolysis) is 1. The van der Waals surface area contributed by atoms with Gasteiger partial charge in [0.25, 0.3) is 0 Å². The second-order valence-electron chi connectivity index (χ2n) is 10.4. The van der Waals surface area contributed by atoms with Crippen molar-refractivity contribution in [2.75, 3.05) is 19.7 Å². The van der Waals surface area contributed by atoms with E-state index in [4.69, 9.17) is 9.84 Å². The van der Waals surface area contributed by atoms with E-state index in [-0.39, 0.29) is 37.9 Å². The minimum absolute atomic E-state index is 0.0419. The number of hydrogen-bond donors (Lipinski definition) is 2. The molecule has 0 radical (unpaired) electrons. The Morgan fingerprint density at radius 1 is 0.971 bits per heavy atom. The first-order chi connectivity index (χ1) is 16.5. The van der Waals surface area contributed by atoms with Gasteiger partial charge in [0.2, 0.25) is 5.91 Å². The molecule has 1 aliphatic carbocycles. The summed E-state index contributed by atoms with van der Waals surface area (Å²) in [7, 11) is 0. The molecule has 0 spiro atoms. The van der Waals surface area contributed by atoms with Crippen LogP contribution in [0.5, 0.6) is 0 Å². The predicted octanol–water partition coefficient (Wildman–Crippen LogP) is 5.04. The van der Waals surface area contributed by atoms with Crippen LogP contribution in [0.1, 0.15) is 64.5 Å². The lowest BCUT2D eigenvalue weighted by Crippen LogP contribution is -2.55. The van der Waals surface area contributed by atoms with E-state index in [1.807, 2.05) is 52.0 Å². The average Bonchev–Trinajstić information content (AvgIpc) is 3.14. The molecule has 1 atom stereocenters. The second-order valence-corrected chi connectivity index (χ2v) is 10.4. The maximum Gasteiger partial charge on any atom is 0.407 e.